The van der Waals surface area contributed by atoms with Crippen molar-refractivity contribution in [3.63, 3.8) is 0 Å². The molecule has 8 heteroatoms. The summed E-state index contributed by atoms with van der Waals surface area (Å²) in [5, 5.41) is 2.43. The Morgan fingerprint density at radius 1 is 1.45 bits per heavy atom. The Morgan fingerprint density at radius 2 is 2.31 bits per heavy atom. The summed E-state index contributed by atoms with van der Waals surface area (Å²) in [5.74, 6) is 1.35. The number of benzene rings is 1. The van der Waals surface area contributed by atoms with Gasteiger partial charge in [0.1, 0.15) is 5.75 Å². The minimum absolute atomic E-state index is 0.0111. The molecule has 0 radical (unpaired) electrons. The average molecular weight is 404 g/mol. The summed E-state index contributed by atoms with van der Waals surface area (Å²) in [4.78, 5) is 28.1. The fourth-order valence-corrected chi connectivity index (χ4v) is 3.94. The highest BCUT2D eigenvalue weighted by Gasteiger charge is 2.25. The van der Waals surface area contributed by atoms with Crippen LogP contribution < -0.4 is 15.0 Å². The van der Waals surface area contributed by atoms with E-state index < -0.39 is 5.63 Å². The maximum Gasteiger partial charge on any atom is 0.426 e. The van der Waals surface area contributed by atoms with Crippen molar-refractivity contribution in [3.8, 4) is 5.75 Å². The normalized spacial score (nSPS) is 17.2. The van der Waals surface area contributed by atoms with Gasteiger partial charge in [-0.15, -0.1) is 0 Å². The van der Waals surface area contributed by atoms with E-state index in [9.17, 15) is 9.59 Å². The van der Waals surface area contributed by atoms with E-state index in [1.54, 1.807) is 7.11 Å². The lowest BCUT2D eigenvalue weighted by Crippen LogP contribution is -2.49. The van der Waals surface area contributed by atoms with Gasteiger partial charge in [0.05, 0.1) is 7.11 Å². The van der Waals surface area contributed by atoms with Crippen LogP contribution in [0.3, 0.4) is 0 Å². The molecule has 2 aromatic rings. The van der Waals surface area contributed by atoms with Crippen molar-refractivity contribution in [1.82, 2.24) is 15.1 Å². The first-order valence-corrected chi connectivity index (χ1v) is 10.3. The molecule has 1 N–H and O–H groups in total. The third-order valence-electron chi connectivity index (χ3n) is 5.50. The fraction of sp³-hybridized carbons (Fsp3) is 0.571. The van der Waals surface area contributed by atoms with E-state index in [2.05, 4.69) is 26.8 Å². The Bertz CT molecular complexity index is 847. The molecular formula is C21H31N4O4+. The van der Waals surface area contributed by atoms with Gasteiger partial charge >= 0.3 is 5.63 Å². The maximum atomic E-state index is 12.6. The Labute approximate surface area is 171 Å². The second kappa shape index (κ2) is 10.2. The van der Waals surface area contributed by atoms with E-state index >= 15 is 0 Å². The number of aromatic amines is 1. The summed E-state index contributed by atoms with van der Waals surface area (Å²) in [6.07, 6.45) is 4.53. The van der Waals surface area contributed by atoms with Crippen LogP contribution in [-0.4, -0.2) is 60.8 Å². The molecule has 1 amide bonds. The van der Waals surface area contributed by atoms with Gasteiger partial charge in [-0.2, -0.15) is 0 Å². The van der Waals surface area contributed by atoms with Crippen molar-refractivity contribution in [2.45, 2.75) is 32.7 Å². The number of piperidine rings is 1. The number of ether oxygens (including phenoxy) is 1. The summed E-state index contributed by atoms with van der Waals surface area (Å²) in [6.45, 7) is 6.59. The molecule has 158 valence electrons. The summed E-state index contributed by atoms with van der Waals surface area (Å²) >= 11 is 0. The molecule has 0 spiro atoms. The number of hydrogen-bond acceptors (Lipinski definition) is 5. The van der Waals surface area contributed by atoms with E-state index in [0.717, 1.165) is 51.2 Å². The predicted molar refractivity (Wildman–Crippen MR) is 108 cm³/mol. The summed E-state index contributed by atoms with van der Waals surface area (Å²) in [6, 6.07) is 8.23. The van der Waals surface area contributed by atoms with E-state index in [1.165, 1.54) is 16.4 Å². The van der Waals surface area contributed by atoms with Gasteiger partial charge in [0.2, 0.25) is 0 Å². The van der Waals surface area contributed by atoms with Gasteiger partial charge in [0.25, 0.3) is 18.6 Å². The predicted octanol–water partition coefficient (Wildman–Crippen LogP) is 1.07. The number of methoxy groups -OCH3 is 1. The molecule has 0 saturated carbocycles. The first-order valence-electron chi connectivity index (χ1n) is 10.3. The molecule has 1 aromatic carbocycles. The molecule has 1 atom stereocenters. The Hall–Kier alpha value is -2.61. The van der Waals surface area contributed by atoms with Gasteiger partial charge in [-0.25, -0.2) is 4.79 Å². The van der Waals surface area contributed by atoms with Crippen LogP contribution in [0.1, 0.15) is 25.3 Å². The number of carbonyl (C=O) groups is 1. The molecule has 3 rings (SSSR count). The summed E-state index contributed by atoms with van der Waals surface area (Å²) in [5.41, 5.74) is 0.794. The quantitative estimate of drug-likeness (QED) is 0.634. The molecule has 2 heterocycles. The third kappa shape index (κ3) is 6.19. The topological polar surface area (TPSA) is 82.7 Å². The third-order valence-corrected chi connectivity index (χ3v) is 5.50. The standard InChI is InChI=1S/C21H30N4O4/c1-3-24(20(26)15-25-16-21(27)29-22-25)14-18-7-5-10-23(13-18)11-9-17-6-4-8-19(12-17)28-2/h4,6,8,12,16,18H,3,5,7,9-11,13-15H2,1-2H3/p+1/t18-/m0/s1. The molecule has 1 aliphatic heterocycles. The molecule has 0 aliphatic carbocycles. The van der Waals surface area contributed by atoms with Crippen LogP contribution in [-0.2, 0) is 17.8 Å². The molecule has 29 heavy (non-hydrogen) atoms. The first-order chi connectivity index (χ1) is 14.1. The van der Waals surface area contributed by atoms with Gasteiger partial charge in [-0.05, 0) is 61.6 Å². The van der Waals surface area contributed by atoms with Crippen LogP contribution >= 0.6 is 0 Å². The van der Waals surface area contributed by atoms with Gasteiger partial charge in [-0.3, -0.25) is 9.32 Å². The molecule has 1 saturated heterocycles. The van der Waals surface area contributed by atoms with Crippen LogP contribution in [0.4, 0.5) is 0 Å². The number of amides is 1. The number of hydrogen-bond donors (Lipinski definition) is 1. The fourth-order valence-electron chi connectivity index (χ4n) is 3.94. The van der Waals surface area contributed by atoms with E-state index in [4.69, 9.17) is 4.74 Å². The van der Waals surface area contributed by atoms with Crippen molar-refractivity contribution >= 4 is 5.91 Å². The zero-order chi connectivity index (χ0) is 20.6. The Morgan fingerprint density at radius 3 is 3.03 bits per heavy atom. The van der Waals surface area contributed by atoms with Crippen molar-refractivity contribution < 1.29 is 18.7 Å². The van der Waals surface area contributed by atoms with E-state index in [-0.39, 0.29) is 12.5 Å². The Balaban J connectivity index is 1.49. The van der Waals surface area contributed by atoms with Crippen LogP contribution in [0.25, 0.3) is 0 Å². The minimum Gasteiger partial charge on any atom is -0.497 e. The van der Waals surface area contributed by atoms with Gasteiger partial charge in [0.15, 0.2) is 0 Å². The lowest BCUT2D eigenvalue weighted by Gasteiger charge is -2.35. The average Bonchev–Trinajstić information content (AvgIpc) is 3.15. The second-order valence-electron chi connectivity index (χ2n) is 7.61. The SMILES string of the molecule is CCN(C[C@H]1CCCN(CCc2cccc(OC)c2)C1)C(=O)C[n+]1cc(=O)o[nH]1. The molecule has 8 nitrogen and oxygen atoms in total. The van der Waals surface area contributed by atoms with Crippen LogP contribution in [0.5, 0.6) is 5.75 Å². The van der Waals surface area contributed by atoms with Gasteiger partial charge in [0, 0.05) is 26.2 Å². The molecule has 0 bridgehead atoms. The first kappa shape index (κ1) is 21.1. The van der Waals surface area contributed by atoms with Crippen molar-refractivity contribution in [1.29, 1.82) is 0 Å². The van der Waals surface area contributed by atoms with Gasteiger partial charge < -0.3 is 14.5 Å². The van der Waals surface area contributed by atoms with E-state index in [1.807, 2.05) is 24.0 Å². The monoisotopic (exact) mass is 403 g/mol. The number of rotatable bonds is 9. The number of aromatic nitrogens is 2. The molecule has 1 aromatic heterocycles. The zero-order valence-electron chi connectivity index (χ0n) is 17.3. The van der Waals surface area contributed by atoms with Crippen molar-refractivity contribution in [2.75, 3.05) is 39.8 Å². The Kier molecular flexibility index (Phi) is 7.46. The van der Waals surface area contributed by atoms with Crippen molar-refractivity contribution in [2.24, 2.45) is 5.92 Å². The molecule has 1 fully saturated rings. The number of H-pyrrole nitrogens is 1. The van der Waals surface area contributed by atoms with Crippen molar-refractivity contribution in [3.05, 3.63) is 46.4 Å². The number of carbonyl (C=O) groups excluding carboxylic acids is 1. The zero-order valence-corrected chi connectivity index (χ0v) is 17.3. The summed E-state index contributed by atoms with van der Waals surface area (Å²) in [7, 11) is 1.69. The highest BCUT2D eigenvalue weighted by atomic mass is 16.5. The summed E-state index contributed by atoms with van der Waals surface area (Å²) < 4.78 is 11.3. The van der Waals surface area contributed by atoms with Crippen LogP contribution in [0.15, 0.2) is 39.8 Å². The molecular weight excluding hydrogens is 372 g/mol. The number of nitrogens with one attached hydrogen (secondary N) is 1. The highest BCUT2D eigenvalue weighted by molar-refractivity contribution is 5.74. The number of likely N-dealkylation sites (tertiary alicyclic amines) is 1. The number of nitrogens with zero attached hydrogens (tertiary/aromatic N) is 3. The minimum atomic E-state index is -0.486. The highest BCUT2D eigenvalue weighted by Crippen LogP contribution is 2.19. The van der Waals surface area contributed by atoms with Crippen LogP contribution in [0.2, 0.25) is 0 Å². The lowest BCUT2D eigenvalue weighted by molar-refractivity contribution is -0.751. The molecule has 1 aliphatic rings. The molecule has 0 unspecified atom stereocenters. The number of likely N-dealkylation sites (N-methyl/N-ethyl adjacent to an activating group) is 1. The second-order valence-corrected chi connectivity index (χ2v) is 7.61. The van der Waals surface area contributed by atoms with Crippen LogP contribution in [0, 0.1) is 5.92 Å². The van der Waals surface area contributed by atoms with Gasteiger partial charge in [-0.1, -0.05) is 16.8 Å². The smallest absolute Gasteiger partial charge is 0.426 e. The maximum absolute atomic E-state index is 12.6. The largest absolute Gasteiger partial charge is 0.497 e. The van der Waals surface area contributed by atoms with E-state index in [0.29, 0.717) is 12.5 Å². The lowest BCUT2D eigenvalue weighted by atomic mass is 9.96.